The molecule has 0 aliphatic rings. The number of carbonyl (C=O) groups is 4. The van der Waals surface area contributed by atoms with Gasteiger partial charge >= 0.3 is 115 Å². The average molecular weight is 330 g/mol. The summed E-state index contributed by atoms with van der Waals surface area (Å²) in [6, 6.07) is 0.818. The maximum Gasteiger partial charge on any atom is 1.00 e. The van der Waals surface area contributed by atoms with Crippen molar-refractivity contribution in [2.45, 2.75) is 0 Å². The summed E-state index contributed by atoms with van der Waals surface area (Å²) in [6.45, 7) is 0. The fourth-order valence-electron chi connectivity index (χ4n) is 1.29. The van der Waals surface area contributed by atoms with E-state index in [4.69, 9.17) is 10.2 Å². The summed E-state index contributed by atoms with van der Waals surface area (Å²) in [6.07, 6.45) is 0. The second-order valence-electron chi connectivity index (χ2n) is 3.13. The van der Waals surface area contributed by atoms with Gasteiger partial charge in [-0.1, -0.05) is 0 Å². The Bertz CT molecular complexity index is 483. The van der Waals surface area contributed by atoms with Crippen LogP contribution in [0.4, 0.5) is 0 Å². The molecule has 0 aromatic heterocycles. The number of hydrogen-bond donors (Lipinski definition) is 2. The van der Waals surface area contributed by atoms with Gasteiger partial charge in [0, 0.05) is 11.1 Å². The fourth-order valence-corrected chi connectivity index (χ4v) is 1.29. The van der Waals surface area contributed by atoms with Gasteiger partial charge in [-0.2, -0.15) is 0 Å². The Labute approximate surface area is 197 Å². The number of carbonyl (C=O) groups excluding carboxylic acids is 2. The van der Waals surface area contributed by atoms with Crippen LogP contribution in [0.15, 0.2) is 12.1 Å². The molecule has 94 valence electrons. The molecule has 2 N–H and O–H groups in total. The molecule has 0 radical (unpaired) electrons. The predicted molar refractivity (Wildman–Crippen MR) is 49.0 cm³/mol. The third kappa shape index (κ3) is 5.29. The van der Waals surface area contributed by atoms with E-state index in [9.17, 15) is 29.4 Å². The third-order valence-electron chi connectivity index (χ3n) is 2.06. The van der Waals surface area contributed by atoms with Gasteiger partial charge < -0.3 is 30.0 Å². The van der Waals surface area contributed by atoms with E-state index in [0.717, 1.165) is 0 Å². The molecule has 0 bridgehead atoms. The minimum absolute atomic E-state index is 0. The van der Waals surface area contributed by atoms with Crippen molar-refractivity contribution in [2.24, 2.45) is 0 Å². The average Bonchev–Trinajstić information content (AvgIpc) is 2.26. The number of carboxylic acids is 4. The van der Waals surface area contributed by atoms with Crippen molar-refractivity contribution in [2.75, 3.05) is 0 Å². The first-order valence-electron chi connectivity index (χ1n) is 4.33. The van der Waals surface area contributed by atoms with Crippen molar-refractivity contribution in [3.05, 3.63) is 34.4 Å². The van der Waals surface area contributed by atoms with Crippen LogP contribution in [0.3, 0.4) is 0 Å². The molecular weight excluding hydrogens is 326 g/mol. The Hall–Kier alpha value is 0.373. The molecule has 0 fully saturated rings. The first-order valence-corrected chi connectivity index (χ1v) is 4.33. The van der Waals surface area contributed by atoms with Crippen molar-refractivity contribution in [1.29, 1.82) is 0 Å². The zero-order chi connectivity index (χ0) is 14.0. The van der Waals surface area contributed by atoms with E-state index in [-0.39, 0.29) is 103 Å². The standard InChI is InChI=1S/C10H6O8.2K/c11-7(12)3-1-4(8(13)14)6(10(17)18)2-5(3)9(15)16;;/h1-2H,(H,11,12)(H,13,14)(H,15,16)(H,17,18);;/q;2*+1/p-2. The molecule has 0 saturated heterocycles. The normalized spacial score (nSPS) is 8.80. The molecule has 0 spiro atoms. The van der Waals surface area contributed by atoms with E-state index < -0.39 is 46.1 Å². The number of aromatic carboxylic acids is 4. The van der Waals surface area contributed by atoms with Crippen molar-refractivity contribution in [3.63, 3.8) is 0 Å². The topological polar surface area (TPSA) is 155 Å². The largest absolute Gasteiger partial charge is 1.00 e. The van der Waals surface area contributed by atoms with Crippen LogP contribution in [0.25, 0.3) is 0 Å². The van der Waals surface area contributed by atoms with Crippen molar-refractivity contribution < 1.29 is 142 Å². The molecule has 10 heteroatoms. The summed E-state index contributed by atoms with van der Waals surface area (Å²) in [5.74, 6) is -7.32. The van der Waals surface area contributed by atoms with Crippen LogP contribution < -0.4 is 113 Å². The molecule has 0 aliphatic carbocycles. The second-order valence-corrected chi connectivity index (χ2v) is 3.13. The number of carboxylic acid groups (broad SMARTS) is 4. The molecule has 1 aromatic rings. The van der Waals surface area contributed by atoms with E-state index in [2.05, 4.69) is 0 Å². The minimum atomic E-state index is -1.94. The van der Waals surface area contributed by atoms with Gasteiger partial charge in [0.2, 0.25) is 0 Å². The molecule has 0 unspecified atom stereocenters. The first kappa shape index (κ1) is 22.7. The van der Waals surface area contributed by atoms with E-state index in [0.29, 0.717) is 12.1 Å². The van der Waals surface area contributed by atoms with Gasteiger partial charge in [-0.15, -0.1) is 0 Å². The van der Waals surface area contributed by atoms with Crippen LogP contribution in [0.2, 0.25) is 0 Å². The van der Waals surface area contributed by atoms with Gasteiger partial charge in [0.15, 0.2) is 0 Å². The molecule has 1 rings (SSSR count). The fraction of sp³-hybridized carbons (Fsp3) is 0. The third-order valence-corrected chi connectivity index (χ3v) is 2.06. The molecule has 8 nitrogen and oxygen atoms in total. The second kappa shape index (κ2) is 9.40. The van der Waals surface area contributed by atoms with E-state index in [1.165, 1.54) is 0 Å². The van der Waals surface area contributed by atoms with Gasteiger partial charge in [-0.3, -0.25) is 0 Å². The Kier molecular flexibility index (Phi) is 10.6. The summed E-state index contributed by atoms with van der Waals surface area (Å²) in [5, 5.41) is 38.7. The maximum atomic E-state index is 10.7. The Morgan fingerprint density at radius 1 is 0.700 bits per heavy atom. The molecule has 0 heterocycles. The smallest absolute Gasteiger partial charge is 0.545 e. The minimum Gasteiger partial charge on any atom is -0.545 e. The molecule has 20 heavy (non-hydrogen) atoms. The molecule has 0 atom stereocenters. The Morgan fingerprint density at radius 3 is 1.15 bits per heavy atom. The maximum absolute atomic E-state index is 10.7. The SMILES string of the molecule is O=C([O-])c1cc(C(=O)[O-])c(C(=O)O)cc1C(=O)O.[K+].[K+]. The molecule has 0 amide bonds. The summed E-state index contributed by atoms with van der Waals surface area (Å²) < 4.78 is 0. The monoisotopic (exact) mass is 330 g/mol. The zero-order valence-corrected chi connectivity index (χ0v) is 16.7. The van der Waals surface area contributed by atoms with Crippen LogP contribution in [0.1, 0.15) is 41.4 Å². The quantitative estimate of drug-likeness (QED) is 0.516. The van der Waals surface area contributed by atoms with E-state index in [1.807, 2.05) is 0 Å². The van der Waals surface area contributed by atoms with Gasteiger partial charge in [0.1, 0.15) is 0 Å². The van der Waals surface area contributed by atoms with Crippen LogP contribution in [0.5, 0.6) is 0 Å². The van der Waals surface area contributed by atoms with E-state index >= 15 is 0 Å². The van der Waals surface area contributed by atoms with Crippen molar-refractivity contribution in [1.82, 2.24) is 0 Å². The Morgan fingerprint density at radius 2 is 0.950 bits per heavy atom. The van der Waals surface area contributed by atoms with Crippen molar-refractivity contribution in [3.8, 4) is 0 Å². The summed E-state index contributed by atoms with van der Waals surface area (Å²) in [5.41, 5.74) is -3.63. The zero-order valence-electron chi connectivity index (χ0n) is 10.5. The summed E-state index contributed by atoms with van der Waals surface area (Å²) in [4.78, 5) is 42.8. The van der Waals surface area contributed by atoms with Gasteiger partial charge in [-0.25, -0.2) is 9.59 Å². The van der Waals surface area contributed by atoms with Gasteiger partial charge in [0.05, 0.1) is 23.1 Å². The Balaban J connectivity index is 0. The molecule has 0 aliphatic heterocycles. The summed E-state index contributed by atoms with van der Waals surface area (Å²) >= 11 is 0. The van der Waals surface area contributed by atoms with E-state index in [1.54, 1.807) is 0 Å². The van der Waals surface area contributed by atoms with Crippen LogP contribution in [0, 0.1) is 0 Å². The van der Waals surface area contributed by atoms with Crippen LogP contribution in [-0.2, 0) is 0 Å². The molecule has 0 saturated carbocycles. The molecular formula is C10H4K2O8. The van der Waals surface area contributed by atoms with Crippen LogP contribution in [-0.4, -0.2) is 34.1 Å². The predicted octanol–water partition coefficient (Wildman–Crippen LogP) is -8.18. The van der Waals surface area contributed by atoms with Gasteiger partial charge in [0.25, 0.3) is 0 Å². The van der Waals surface area contributed by atoms with Gasteiger partial charge in [-0.05, 0) is 12.1 Å². The number of rotatable bonds is 4. The number of hydrogen-bond acceptors (Lipinski definition) is 6. The molecule has 1 aromatic carbocycles. The van der Waals surface area contributed by atoms with Crippen molar-refractivity contribution >= 4 is 23.9 Å². The summed E-state index contributed by atoms with van der Waals surface area (Å²) in [7, 11) is 0. The number of benzene rings is 1. The van der Waals surface area contributed by atoms with Crippen LogP contribution >= 0.6 is 0 Å². The first-order chi connectivity index (χ1) is 8.25.